The predicted octanol–water partition coefficient (Wildman–Crippen LogP) is 0.481. The smallest absolute Gasteiger partial charge is 0.241 e. The number of nitrogen functional groups attached to an aromatic ring is 1. The van der Waals surface area contributed by atoms with Gasteiger partial charge in [-0.3, -0.25) is 0 Å². The third kappa shape index (κ3) is 2.11. The van der Waals surface area contributed by atoms with E-state index >= 15 is 0 Å². The Balaban J connectivity index is 1.99. The number of sulfonamides is 1. The Morgan fingerprint density at radius 2 is 1.94 bits per heavy atom. The molecule has 3 rings (SSSR count). The topological polar surface area (TPSA) is 90.7 Å². The third-order valence-electron chi connectivity index (χ3n) is 2.85. The van der Waals surface area contributed by atoms with Crippen molar-refractivity contribution >= 4 is 15.7 Å². The van der Waals surface area contributed by atoms with E-state index in [1.807, 2.05) is 0 Å². The van der Waals surface area contributed by atoms with Crippen LogP contribution in [0, 0.1) is 0 Å². The maximum Gasteiger partial charge on any atom is 0.241 e. The van der Waals surface area contributed by atoms with E-state index in [0.29, 0.717) is 24.7 Å². The largest absolute Gasteiger partial charge is 0.486 e. The third-order valence-corrected chi connectivity index (χ3v) is 4.35. The first-order valence-corrected chi connectivity index (χ1v) is 7.26. The van der Waals surface area contributed by atoms with Gasteiger partial charge in [0.05, 0.1) is 10.6 Å². The SMILES string of the molecule is Nc1cc(S(=O)(=O)NC2CC2)cc2c1OCCO2. The molecule has 1 aliphatic carbocycles. The van der Waals surface area contributed by atoms with Gasteiger partial charge in [0.15, 0.2) is 11.5 Å². The zero-order valence-electron chi connectivity index (χ0n) is 9.68. The highest BCUT2D eigenvalue weighted by Crippen LogP contribution is 2.38. The molecule has 1 aromatic carbocycles. The number of hydrogen-bond acceptors (Lipinski definition) is 5. The summed E-state index contributed by atoms with van der Waals surface area (Å²) in [5.74, 6) is 0.809. The van der Waals surface area contributed by atoms with Crippen LogP contribution in [0.15, 0.2) is 17.0 Å². The lowest BCUT2D eigenvalue weighted by Crippen LogP contribution is -2.26. The van der Waals surface area contributed by atoms with E-state index in [1.165, 1.54) is 12.1 Å². The van der Waals surface area contributed by atoms with E-state index in [-0.39, 0.29) is 16.6 Å². The van der Waals surface area contributed by atoms with E-state index in [2.05, 4.69) is 4.72 Å². The molecular weight excluding hydrogens is 256 g/mol. The fourth-order valence-electron chi connectivity index (χ4n) is 1.80. The normalized spacial score (nSPS) is 18.7. The molecule has 7 heteroatoms. The molecular formula is C11H14N2O4S. The molecule has 3 N–H and O–H groups in total. The van der Waals surface area contributed by atoms with Crippen LogP contribution in [-0.2, 0) is 10.0 Å². The summed E-state index contributed by atoms with van der Waals surface area (Å²) in [4.78, 5) is 0.121. The maximum absolute atomic E-state index is 12.1. The van der Waals surface area contributed by atoms with Gasteiger partial charge in [-0.2, -0.15) is 0 Å². The molecule has 0 radical (unpaired) electrons. The summed E-state index contributed by atoms with van der Waals surface area (Å²) < 4.78 is 37.4. The molecule has 2 aliphatic rings. The van der Waals surface area contributed by atoms with Crippen LogP contribution in [0.3, 0.4) is 0 Å². The van der Waals surface area contributed by atoms with Crippen molar-refractivity contribution in [3.8, 4) is 11.5 Å². The van der Waals surface area contributed by atoms with Crippen LogP contribution in [0.2, 0.25) is 0 Å². The molecule has 98 valence electrons. The second kappa shape index (κ2) is 4.03. The number of ether oxygens (including phenoxy) is 2. The zero-order valence-corrected chi connectivity index (χ0v) is 10.5. The van der Waals surface area contributed by atoms with Crippen LogP contribution in [-0.4, -0.2) is 27.7 Å². The summed E-state index contributed by atoms with van der Waals surface area (Å²) in [5, 5.41) is 0. The van der Waals surface area contributed by atoms with Crippen molar-refractivity contribution in [1.29, 1.82) is 0 Å². The fourth-order valence-corrected chi connectivity index (χ4v) is 3.15. The molecule has 0 bridgehead atoms. The van der Waals surface area contributed by atoms with Gasteiger partial charge in [-0.15, -0.1) is 0 Å². The number of benzene rings is 1. The first-order valence-electron chi connectivity index (χ1n) is 5.78. The van der Waals surface area contributed by atoms with Gasteiger partial charge in [-0.1, -0.05) is 0 Å². The van der Waals surface area contributed by atoms with Crippen molar-refractivity contribution in [2.75, 3.05) is 18.9 Å². The molecule has 18 heavy (non-hydrogen) atoms. The number of hydrogen-bond donors (Lipinski definition) is 2. The number of anilines is 1. The summed E-state index contributed by atoms with van der Waals surface area (Å²) in [7, 11) is -3.52. The molecule has 0 saturated heterocycles. The van der Waals surface area contributed by atoms with Crippen molar-refractivity contribution in [1.82, 2.24) is 4.72 Å². The van der Waals surface area contributed by atoms with Crippen molar-refractivity contribution < 1.29 is 17.9 Å². The Kier molecular flexibility index (Phi) is 2.60. The summed E-state index contributed by atoms with van der Waals surface area (Å²) in [6, 6.07) is 2.91. The second-order valence-corrected chi connectivity index (χ2v) is 6.15. The van der Waals surface area contributed by atoms with Gasteiger partial charge in [-0.25, -0.2) is 13.1 Å². The molecule has 0 aromatic heterocycles. The fraction of sp³-hybridized carbons (Fsp3) is 0.455. The van der Waals surface area contributed by atoms with Crippen molar-refractivity contribution in [2.45, 2.75) is 23.8 Å². The van der Waals surface area contributed by atoms with Gasteiger partial charge in [0, 0.05) is 12.1 Å². The Labute approximate surface area is 105 Å². The maximum atomic E-state index is 12.1. The summed E-state index contributed by atoms with van der Waals surface area (Å²) >= 11 is 0. The van der Waals surface area contributed by atoms with E-state index in [0.717, 1.165) is 12.8 Å². The lowest BCUT2D eigenvalue weighted by atomic mass is 10.2. The molecule has 0 spiro atoms. The first kappa shape index (κ1) is 11.6. The lowest BCUT2D eigenvalue weighted by Gasteiger charge is -2.20. The zero-order chi connectivity index (χ0) is 12.8. The predicted molar refractivity (Wildman–Crippen MR) is 65.2 cm³/mol. The number of nitrogens with one attached hydrogen (secondary N) is 1. The summed E-state index contributed by atoms with van der Waals surface area (Å²) in [6.07, 6.45) is 1.78. The van der Waals surface area contributed by atoms with Gasteiger partial charge < -0.3 is 15.2 Å². The Hall–Kier alpha value is -1.47. The number of nitrogens with two attached hydrogens (primary N) is 1. The van der Waals surface area contributed by atoms with Crippen LogP contribution in [0.1, 0.15) is 12.8 Å². The molecule has 1 fully saturated rings. The van der Waals surface area contributed by atoms with Crippen LogP contribution >= 0.6 is 0 Å². The Morgan fingerprint density at radius 1 is 1.22 bits per heavy atom. The molecule has 0 atom stereocenters. The Morgan fingerprint density at radius 3 is 2.67 bits per heavy atom. The van der Waals surface area contributed by atoms with Gasteiger partial charge in [0.2, 0.25) is 10.0 Å². The van der Waals surface area contributed by atoms with Crippen LogP contribution in [0.25, 0.3) is 0 Å². The highest BCUT2D eigenvalue weighted by atomic mass is 32.2. The van der Waals surface area contributed by atoms with Gasteiger partial charge in [-0.05, 0) is 18.9 Å². The van der Waals surface area contributed by atoms with Crippen LogP contribution in [0.4, 0.5) is 5.69 Å². The molecule has 1 aliphatic heterocycles. The Bertz CT molecular complexity index is 581. The van der Waals surface area contributed by atoms with Crippen molar-refractivity contribution in [3.05, 3.63) is 12.1 Å². The molecule has 1 aromatic rings. The van der Waals surface area contributed by atoms with Gasteiger partial charge in [0.1, 0.15) is 13.2 Å². The van der Waals surface area contributed by atoms with E-state index in [4.69, 9.17) is 15.2 Å². The molecule has 6 nitrogen and oxygen atoms in total. The van der Waals surface area contributed by atoms with E-state index in [1.54, 1.807) is 0 Å². The average molecular weight is 270 g/mol. The van der Waals surface area contributed by atoms with Crippen LogP contribution in [0.5, 0.6) is 11.5 Å². The molecule has 1 heterocycles. The molecule has 0 unspecified atom stereocenters. The minimum atomic E-state index is -3.52. The minimum absolute atomic E-state index is 0.0597. The van der Waals surface area contributed by atoms with Crippen LogP contribution < -0.4 is 19.9 Å². The quantitative estimate of drug-likeness (QED) is 0.780. The minimum Gasteiger partial charge on any atom is -0.486 e. The van der Waals surface area contributed by atoms with Crippen molar-refractivity contribution in [2.24, 2.45) is 0 Å². The molecule has 1 saturated carbocycles. The summed E-state index contributed by atoms with van der Waals surface area (Å²) in [6.45, 7) is 0.815. The molecule has 0 amide bonds. The summed E-state index contributed by atoms with van der Waals surface area (Å²) in [5.41, 5.74) is 6.07. The average Bonchev–Trinajstić information content (AvgIpc) is 3.12. The first-order chi connectivity index (χ1) is 8.56. The lowest BCUT2D eigenvalue weighted by molar-refractivity contribution is 0.172. The van der Waals surface area contributed by atoms with Crippen molar-refractivity contribution in [3.63, 3.8) is 0 Å². The number of fused-ring (bicyclic) bond motifs is 1. The van der Waals surface area contributed by atoms with E-state index in [9.17, 15) is 8.42 Å². The van der Waals surface area contributed by atoms with E-state index < -0.39 is 10.0 Å². The highest BCUT2D eigenvalue weighted by Gasteiger charge is 2.29. The van der Waals surface area contributed by atoms with Gasteiger partial charge in [0.25, 0.3) is 0 Å². The standard InChI is InChI=1S/C11H14N2O4S/c12-9-5-8(18(14,15)13-7-1-2-7)6-10-11(9)17-4-3-16-10/h5-7,13H,1-4,12H2. The highest BCUT2D eigenvalue weighted by molar-refractivity contribution is 7.89. The monoisotopic (exact) mass is 270 g/mol. The second-order valence-electron chi connectivity index (χ2n) is 4.43. The number of rotatable bonds is 3. The van der Waals surface area contributed by atoms with Gasteiger partial charge >= 0.3 is 0 Å².